The molecule has 1 aromatic rings. The molecule has 12 heavy (non-hydrogen) atoms. The summed E-state index contributed by atoms with van der Waals surface area (Å²) in [5.41, 5.74) is 7.60. The lowest BCUT2D eigenvalue weighted by Gasteiger charge is -1.99. The topological polar surface area (TPSA) is 43.1 Å². The molecule has 0 amide bonds. The minimum absolute atomic E-state index is 0.535. The van der Waals surface area contributed by atoms with E-state index in [9.17, 15) is 4.21 Å². The highest BCUT2D eigenvalue weighted by Gasteiger charge is 2.11. The van der Waals surface area contributed by atoms with Crippen molar-refractivity contribution in [2.75, 3.05) is 0 Å². The maximum absolute atomic E-state index is 11.3. The van der Waals surface area contributed by atoms with Crippen LogP contribution >= 0.6 is 0 Å². The fourth-order valence-electron chi connectivity index (χ4n) is 1.25. The number of nitrogens with two attached hydrogens (primary N) is 1. The van der Waals surface area contributed by atoms with Crippen molar-refractivity contribution in [3.05, 3.63) is 34.7 Å². The van der Waals surface area contributed by atoms with Gasteiger partial charge in [0.1, 0.15) is 0 Å². The van der Waals surface area contributed by atoms with Gasteiger partial charge in [-0.15, -0.1) is 0 Å². The third-order valence-corrected chi connectivity index (χ3v) is 3.09. The summed E-state index contributed by atoms with van der Waals surface area (Å²) in [5.74, 6) is 0. The lowest BCUT2D eigenvalue weighted by atomic mass is 10.1. The summed E-state index contributed by atoms with van der Waals surface area (Å²) < 4.78 is 11.3. The van der Waals surface area contributed by atoms with E-state index in [2.05, 4.69) is 0 Å². The molecule has 0 fully saturated rings. The molecule has 1 aliphatic rings. The van der Waals surface area contributed by atoms with Crippen LogP contribution < -0.4 is 5.73 Å². The summed E-state index contributed by atoms with van der Waals surface area (Å²) in [6, 6.07) is 5.79. The number of hydrogen-bond acceptors (Lipinski definition) is 2. The Bertz CT molecular complexity index is 371. The van der Waals surface area contributed by atoms with Gasteiger partial charge in [-0.2, -0.15) is 0 Å². The van der Waals surface area contributed by atoms with Crippen molar-refractivity contribution in [3.8, 4) is 0 Å². The zero-order chi connectivity index (χ0) is 8.55. The Kier molecular flexibility index (Phi) is 1.83. The van der Waals surface area contributed by atoms with E-state index in [1.165, 1.54) is 0 Å². The Hall–Kier alpha value is -0.930. The zero-order valence-corrected chi connectivity index (χ0v) is 7.30. The second-order valence-corrected chi connectivity index (χ2v) is 3.98. The Morgan fingerprint density at radius 3 is 3.00 bits per heavy atom. The Morgan fingerprint density at radius 2 is 2.25 bits per heavy atom. The molecule has 0 radical (unpaired) electrons. The number of benzene rings is 1. The summed E-state index contributed by atoms with van der Waals surface area (Å²) >= 11 is 0. The maximum atomic E-state index is 11.3. The molecule has 0 bridgehead atoms. The predicted octanol–water partition coefficient (Wildman–Crippen LogP) is 1.24. The van der Waals surface area contributed by atoms with Crippen LogP contribution in [0.3, 0.4) is 0 Å². The average Bonchev–Trinajstić information content (AvgIpc) is 2.47. The molecule has 3 heteroatoms. The minimum atomic E-state index is -0.929. The molecule has 1 aliphatic heterocycles. The summed E-state index contributed by atoms with van der Waals surface area (Å²) in [4.78, 5) is 0.896. The molecule has 2 N–H and O–H groups in total. The average molecular weight is 179 g/mol. The van der Waals surface area contributed by atoms with Crippen molar-refractivity contribution in [1.29, 1.82) is 0 Å². The van der Waals surface area contributed by atoms with Crippen LogP contribution in [0.2, 0.25) is 0 Å². The zero-order valence-electron chi connectivity index (χ0n) is 6.49. The summed E-state index contributed by atoms with van der Waals surface area (Å²) in [5, 5.41) is 1.70. The van der Waals surface area contributed by atoms with Gasteiger partial charge in [0.05, 0.1) is 15.7 Å². The van der Waals surface area contributed by atoms with E-state index in [1.807, 2.05) is 24.3 Å². The predicted molar refractivity (Wildman–Crippen MR) is 49.8 cm³/mol. The second-order valence-electron chi connectivity index (χ2n) is 2.68. The molecule has 0 aliphatic carbocycles. The Labute approximate surface area is 73.5 Å². The minimum Gasteiger partial charge on any atom is -0.326 e. The van der Waals surface area contributed by atoms with Gasteiger partial charge in [-0.1, -0.05) is 6.07 Å². The summed E-state index contributed by atoms with van der Waals surface area (Å²) in [7, 11) is -0.929. The van der Waals surface area contributed by atoms with E-state index >= 15 is 0 Å². The summed E-state index contributed by atoms with van der Waals surface area (Å²) in [6.07, 6.45) is 1.88. The first-order chi connectivity index (χ1) is 5.81. The van der Waals surface area contributed by atoms with Gasteiger partial charge in [-0.3, -0.25) is 0 Å². The van der Waals surface area contributed by atoms with Gasteiger partial charge in [0.15, 0.2) is 0 Å². The molecule has 0 spiro atoms. The summed E-state index contributed by atoms with van der Waals surface area (Å²) in [6.45, 7) is 0.535. The van der Waals surface area contributed by atoms with Crippen LogP contribution in [0, 0.1) is 0 Å². The van der Waals surface area contributed by atoms with Crippen molar-refractivity contribution >= 4 is 16.9 Å². The van der Waals surface area contributed by atoms with Gasteiger partial charge in [-0.05, 0) is 29.3 Å². The molecule has 62 valence electrons. The fourth-order valence-corrected chi connectivity index (χ4v) is 2.23. The molecular weight excluding hydrogens is 170 g/mol. The standard InChI is InChI=1S/C9H9NOS/c10-6-7-1-2-9-8(5-7)3-4-12(9)11/h1-5H,6,10H2. The first kappa shape index (κ1) is 7.71. The molecule has 1 heterocycles. The van der Waals surface area contributed by atoms with Crippen molar-refractivity contribution in [2.24, 2.45) is 5.73 Å². The molecule has 1 unspecified atom stereocenters. The molecule has 2 rings (SSSR count). The third-order valence-electron chi connectivity index (χ3n) is 1.90. The highest BCUT2D eigenvalue weighted by molar-refractivity contribution is 7.88. The van der Waals surface area contributed by atoms with Crippen molar-refractivity contribution < 1.29 is 4.21 Å². The number of hydrogen-bond donors (Lipinski definition) is 1. The molecule has 2 nitrogen and oxygen atoms in total. The van der Waals surface area contributed by atoms with Crippen LogP contribution in [0.25, 0.3) is 6.08 Å². The number of rotatable bonds is 1. The van der Waals surface area contributed by atoms with Gasteiger partial charge in [0.25, 0.3) is 0 Å². The van der Waals surface area contributed by atoms with Crippen molar-refractivity contribution in [3.63, 3.8) is 0 Å². The Balaban J connectivity index is 2.54. The van der Waals surface area contributed by atoms with Crippen LogP contribution in [0.5, 0.6) is 0 Å². The highest BCUT2D eigenvalue weighted by atomic mass is 32.2. The molecule has 0 saturated carbocycles. The van der Waals surface area contributed by atoms with E-state index in [-0.39, 0.29) is 0 Å². The van der Waals surface area contributed by atoms with Crippen LogP contribution in [0.4, 0.5) is 0 Å². The van der Waals surface area contributed by atoms with Gasteiger partial charge in [-0.25, -0.2) is 4.21 Å². The SMILES string of the molecule is NCc1ccc2c(c1)C=CS2=O. The van der Waals surface area contributed by atoms with Gasteiger partial charge < -0.3 is 5.73 Å². The molecule has 1 aromatic carbocycles. The van der Waals surface area contributed by atoms with Crippen molar-refractivity contribution in [2.45, 2.75) is 11.4 Å². The first-order valence-electron chi connectivity index (χ1n) is 3.73. The van der Waals surface area contributed by atoms with Crippen LogP contribution in [-0.4, -0.2) is 4.21 Å². The van der Waals surface area contributed by atoms with Crippen molar-refractivity contribution in [1.82, 2.24) is 0 Å². The van der Waals surface area contributed by atoms with Gasteiger partial charge in [0, 0.05) is 12.0 Å². The van der Waals surface area contributed by atoms with Crippen LogP contribution in [-0.2, 0) is 17.3 Å². The quantitative estimate of drug-likeness (QED) is 0.704. The van der Waals surface area contributed by atoms with Gasteiger partial charge >= 0.3 is 0 Å². The Morgan fingerprint density at radius 1 is 1.42 bits per heavy atom. The second kappa shape index (κ2) is 2.84. The van der Waals surface area contributed by atoms with E-state index in [4.69, 9.17) is 5.73 Å². The largest absolute Gasteiger partial charge is 0.326 e. The normalized spacial score (nSPS) is 19.6. The van der Waals surface area contributed by atoms with E-state index in [0.29, 0.717) is 6.54 Å². The molecule has 0 saturated heterocycles. The fraction of sp³-hybridized carbons (Fsp3) is 0.111. The van der Waals surface area contributed by atoms with Crippen LogP contribution in [0.1, 0.15) is 11.1 Å². The first-order valence-corrected chi connectivity index (χ1v) is 4.94. The number of fused-ring (bicyclic) bond motifs is 1. The highest BCUT2D eigenvalue weighted by Crippen LogP contribution is 2.24. The third kappa shape index (κ3) is 1.11. The lowest BCUT2D eigenvalue weighted by molar-refractivity contribution is 0.689. The maximum Gasteiger partial charge on any atom is 0.0782 e. The van der Waals surface area contributed by atoms with Gasteiger partial charge in [0.2, 0.25) is 0 Å². The van der Waals surface area contributed by atoms with E-state index < -0.39 is 10.8 Å². The molecule has 1 atom stereocenters. The smallest absolute Gasteiger partial charge is 0.0782 e. The molecular formula is C9H9NOS. The molecule has 0 aromatic heterocycles. The van der Waals surface area contributed by atoms with E-state index in [1.54, 1.807) is 5.41 Å². The van der Waals surface area contributed by atoms with E-state index in [0.717, 1.165) is 16.0 Å². The monoisotopic (exact) mass is 179 g/mol. The lowest BCUT2D eigenvalue weighted by Crippen LogP contribution is -1.96. The van der Waals surface area contributed by atoms with Crippen LogP contribution in [0.15, 0.2) is 28.5 Å².